The van der Waals surface area contributed by atoms with E-state index < -0.39 is 17.8 Å². The first kappa shape index (κ1) is 15.6. The molecule has 1 aliphatic rings. The Hall–Kier alpha value is -3.29. The third-order valence-electron chi connectivity index (χ3n) is 3.42. The summed E-state index contributed by atoms with van der Waals surface area (Å²) in [6.07, 6.45) is 1.85. The number of benzene rings is 1. The lowest BCUT2D eigenvalue weighted by atomic mass is 10.1. The van der Waals surface area contributed by atoms with Crippen LogP contribution in [0.15, 0.2) is 47.7 Å². The van der Waals surface area contributed by atoms with Gasteiger partial charge in [-0.05, 0) is 30.3 Å². The molecule has 0 unspecified atom stereocenters. The molecule has 0 atom stereocenters. The lowest BCUT2D eigenvalue weighted by Crippen LogP contribution is -2.28. The van der Waals surface area contributed by atoms with E-state index in [1.54, 1.807) is 6.07 Å². The standard InChI is InChI=1S/C16H13FN4O3/c17-10-3-1-4-11(9-10)19-16(24)21-8-6-13(20-21)14-12(15(22)23)5-2-7-18-14/h1-5,7,9H,6,8H2,(H,19,24)(H,22,23). The van der Waals surface area contributed by atoms with Crippen LogP contribution in [0.25, 0.3) is 0 Å². The quantitative estimate of drug-likeness (QED) is 0.905. The molecule has 2 heterocycles. The number of halogens is 1. The number of aromatic carboxylic acids is 1. The molecular weight excluding hydrogens is 315 g/mol. The van der Waals surface area contributed by atoms with Crippen LogP contribution in [0.5, 0.6) is 0 Å². The maximum atomic E-state index is 13.1. The summed E-state index contributed by atoms with van der Waals surface area (Å²) in [5, 5.41) is 17.0. The maximum Gasteiger partial charge on any atom is 0.342 e. The molecule has 0 saturated heterocycles. The zero-order valence-electron chi connectivity index (χ0n) is 12.4. The van der Waals surface area contributed by atoms with Gasteiger partial charge in [0.1, 0.15) is 11.5 Å². The Labute approximate surface area is 136 Å². The van der Waals surface area contributed by atoms with Crippen LogP contribution in [-0.4, -0.2) is 39.4 Å². The van der Waals surface area contributed by atoms with Gasteiger partial charge in [0, 0.05) is 18.3 Å². The Bertz CT molecular complexity index is 838. The number of nitrogens with zero attached hydrogens (tertiary/aromatic N) is 3. The molecule has 1 aliphatic heterocycles. The van der Waals surface area contributed by atoms with E-state index in [2.05, 4.69) is 15.4 Å². The van der Waals surface area contributed by atoms with Crippen molar-refractivity contribution in [3.63, 3.8) is 0 Å². The Kier molecular flexibility index (Phi) is 4.19. The van der Waals surface area contributed by atoms with Crippen molar-refractivity contribution in [1.29, 1.82) is 0 Å². The van der Waals surface area contributed by atoms with E-state index in [4.69, 9.17) is 0 Å². The van der Waals surface area contributed by atoms with E-state index in [1.807, 2.05) is 0 Å². The number of pyridine rings is 1. The van der Waals surface area contributed by atoms with Crippen LogP contribution < -0.4 is 5.32 Å². The Morgan fingerprint density at radius 2 is 2.08 bits per heavy atom. The summed E-state index contributed by atoms with van der Waals surface area (Å²) in [5.74, 6) is -1.57. The van der Waals surface area contributed by atoms with Crippen molar-refractivity contribution in [2.75, 3.05) is 11.9 Å². The SMILES string of the molecule is O=C(O)c1cccnc1C1=NN(C(=O)Nc2cccc(F)c2)CC1. The van der Waals surface area contributed by atoms with Crippen molar-refractivity contribution < 1.29 is 19.1 Å². The predicted octanol–water partition coefficient (Wildman–Crippen LogP) is 2.56. The van der Waals surface area contributed by atoms with Gasteiger partial charge in [-0.2, -0.15) is 5.10 Å². The first-order valence-corrected chi connectivity index (χ1v) is 7.15. The lowest BCUT2D eigenvalue weighted by molar-refractivity contribution is 0.0696. The maximum absolute atomic E-state index is 13.1. The van der Waals surface area contributed by atoms with Crippen molar-refractivity contribution >= 4 is 23.4 Å². The summed E-state index contributed by atoms with van der Waals surface area (Å²) >= 11 is 0. The molecule has 2 aromatic rings. The summed E-state index contributed by atoms with van der Waals surface area (Å²) in [5.41, 5.74) is 1.00. The molecule has 0 radical (unpaired) electrons. The molecule has 1 aromatic carbocycles. The van der Waals surface area contributed by atoms with Gasteiger partial charge in [0.05, 0.1) is 17.8 Å². The molecule has 0 aliphatic carbocycles. The van der Waals surface area contributed by atoms with Crippen LogP contribution in [0.4, 0.5) is 14.9 Å². The topological polar surface area (TPSA) is 94.9 Å². The molecule has 2 amide bonds. The monoisotopic (exact) mass is 328 g/mol. The molecular formula is C16H13FN4O3. The number of anilines is 1. The van der Waals surface area contributed by atoms with E-state index in [1.165, 1.54) is 41.5 Å². The second kappa shape index (κ2) is 6.45. The molecule has 0 spiro atoms. The minimum Gasteiger partial charge on any atom is -0.478 e. The summed E-state index contributed by atoms with van der Waals surface area (Å²) < 4.78 is 13.1. The Balaban J connectivity index is 1.78. The fraction of sp³-hybridized carbons (Fsp3) is 0.125. The average Bonchev–Trinajstić information content (AvgIpc) is 3.05. The van der Waals surface area contributed by atoms with Gasteiger partial charge in [0.2, 0.25) is 0 Å². The number of nitrogens with one attached hydrogen (secondary N) is 1. The molecule has 24 heavy (non-hydrogen) atoms. The average molecular weight is 328 g/mol. The van der Waals surface area contributed by atoms with E-state index in [9.17, 15) is 19.1 Å². The van der Waals surface area contributed by atoms with Crippen LogP contribution in [-0.2, 0) is 0 Å². The number of rotatable bonds is 3. The third kappa shape index (κ3) is 3.22. The van der Waals surface area contributed by atoms with Crippen molar-refractivity contribution in [3.05, 3.63) is 59.7 Å². The van der Waals surface area contributed by atoms with Crippen LogP contribution in [0.2, 0.25) is 0 Å². The highest BCUT2D eigenvalue weighted by Crippen LogP contribution is 2.17. The number of carbonyl (C=O) groups is 2. The number of carboxylic acids is 1. The van der Waals surface area contributed by atoms with Gasteiger partial charge in [-0.25, -0.2) is 19.0 Å². The fourth-order valence-corrected chi connectivity index (χ4v) is 2.33. The third-order valence-corrected chi connectivity index (χ3v) is 3.42. The summed E-state index contributed by atoms with van der Waals surface area (Å²) in [6.45, 7) is 0.284. The number of urea groups is 1. The highest BCUT2D eigenvalue weighted by atomic mass is 19.1. The number of amides is 2. The second-order valence-electron chi connectivity index (χ2n) is 5.07. The molecule has 122 valence electrons. The zero-order valence-corrected chi connectivity index (χ0v) is 12.4. The Morgan fingerprint density at radius 1 is 1.25 bits per heavy atom. The number of carbonyl (C=O) groups excluding carboxylic acids is 1. The molecule has 1 aromatic heterocycles. The molecule has 0 fully saturated rings. The molecule has 0 bridgehead atoms. The van der Waals surface area contributed by atoms with Crippen LogP contribution >= 0.6 is 0 Å². The normalized spacial score (nSPS) is 13.5. The minimum absolute atomic E-state index is 0.0311. The highest BCUT2D eigenvalue weighted by molar-refractivity contribution is 6.08. The van der Waals surface area contributed by atoms with Gasteiger partial charge >= 0.3 is 12.0 Å². The number of hydrazone groups is 1. The van der Waals surface area contributed by atoms with E-state index in [-0.39, 0.29) is 17.8 Å². The molecule has 7 nitrogen and oxygen atoms in total. The number of carboxylic acid groups (broad SMARTS) is 1. The van der Waals surface area contributed by atoms with Crippen LogP contribution in [0.3, 0.4) is 0 Å². The first-order chi connectivity index (χ1) is 11.5. The van der Waals surface area contributed by atoms with Crippen LogP contribution in [0.1, 0.15) is 22.5 Å². The van der Waals surface area contributed by atoms with Crippen LogP contribution in [0, 0.1) is 5.82 Å². The van der Waals surface area contributed by atoms with E-state index >= 15 is 0 Å². The molecule has 2 N–H and O–H groups in total. The minimum atomic E-state index is -1.11. The fourth-order valence-electron chi connectivity index (χ4n) is 2.33. The molecule has 3 rings (SSSR count). The highest BCUT2D eigenvalue weighted by Gasteiger charge is 2.25. The summed E-state index contributed by atoms with van der Waals surface area (Å²) in [4.78, 5) is 27.5. The smallest absolute Gasteiger partial charge is 0.342 e. The van der Waals surface area contributed by atoms with E-state index in [0.717, 1.165) is 0 Å². The van der Waals surface area contributed by atoms with Gasteiger partial charge in [0.15, 0.2) is 0 Å². The Morgan fingerprint density at radius 3 is 2.83 bits per heavy atom. The van der Waals surface area contributed by atoms with Gasteiger partial charge < -0.3 is 10.4 Å². The second-order valence-corrected chi connectivity index (χ2v) is 5.07. The molecule has 8 heteroatoms. The van der Waals surface area contributed by atoms with Gasteiger partial charge in [-0.1, -0.05) is 6.07 Å². The van der Waals surface area contributed by atoms with Gasteiger partial charge in [-0.15, -0.1) is 0 Å². The number of aromatic nitrogens is 1. The largest absolute Gasteiger partial charge is 0.478 e. The van der Waals surface area contributed by atoms with Crippen molar-refractivity contribution in [3.8, 4) is 0 Å². The number of hydrogen-bond donors (Lipinski definition) is 2. The summed E-state index contributed by atoms with van der Waals surface area (Å²) in [7, 11) is 0. The van der Waals surface area contributed by atoms with Gasteiger partial charge in [0.25, 0.3) is 0 Å². The molecule has 0 saturated carbocycles. The van der Waals surface area contributed by atoms with Crippen molar-refractivity contribution in [2.45, 2.75) is 6.42 Å². The lowest BCUT2D eigenvalue weighted by Gasteiger charge is -2.12. The predicted molar refractivity (Wildman–Crippen MR) is 84.5 cm³/mol. The van der Waals surface area contributed by atoms with Crippen molar-refractivity contribution in [2.24, 2.45) is 5.10 Å². The van der Waals surface area contributed by atoms with Gasteiger partial charge in [-0.3, -0.25) is 4.98 Å². The first-order valence-electron chi connectivity index (χ1n) is 7.15. The number of hydrogen-bond acceptors (Lipinski definition) is 4. The zero-order chi connectivity index (χ0) is 17.1. The summed E-state index contributed by atoms with van der Waals surface area (Å²) in [6, 6.07) is 7.94. The van der Waals surface area contributed by atoms with E-state index in [0.29, 0.717) is 17.8 Å². The van der Waals surface area contributed by atoms with Crippen molar-refractivity contribution in [1.82, 2.24) is 9.99 Å².